The van der Waals surface area contributed by atoms with Crippen molar-refractivity contribution < 1.29 is 9.66 Å². The number of nitro groups is 1. The van der Waals surface area contributed by atoms with E-state index in [2.05, 4.69) is 15.4 Å². The molecule has 1 heterocycles. The number of benzene rings is 2. The Labute approximate surface area is 124 Å². The third-order valence-corrected chi connectivity index (χ3v) is 3.04. The quantitative estimate of drug-likeness (QED) is 0.432. The maximum Gasteiger partial charge on any atom is 0.374 e. The Balaban J connectivity index is 2.03. The second-order valence-corrected chi connectivity index (χ2v) is 4.39. The number of hydrogen-bond acceptors (Lipinski definition) is 7. The van der Waals surface area contributed by atoms with Gasteiger partial charge in [-0.3, -0.25) is 10.1 Å². The van der Waals surface area contributed by atoms with Crippen molar-refractivity contribution in [2.24, 2.45) is 5.84 Å². The summed E-state index contributed by atoms with van der Waals surface area (Å²) < 4.78 is 5.53. The van der Waals surface area contributed by atoms with E-state index in [1.807, 2.05) is 30.3 Å². The summed E-state index contributed by atoms with van der Waals surface area (Å²) in [6, 6.07) is 13.1. The van der Waals surface area contributed by atoms with Gasteiger partial charge in [0.2, 0.25) is 5.82 Å². The van der Waals surface area contributed by atoms with E-state index in [1.54, 1.807) is 12.1 Å². The van der Waals surface area contributed by atoms with Crippen LogP contribution in [0.3, 0.4) is 0 Å². The number of ether oxygens (including phenoxy) is 1. The van der Waals surface area contributed by atoms with Crippen molar-refractivity contribution >= 4 is 22.3 Å². The monoisotopic (exact) mass is 297 g/mol. The molecule has 2 aromatic carbocycles. The molecule has 0 saturated heterocycles. The van der Waals surface area contributed by atoms with Crippen molar-refractivity contribution in [3.05, 3.63) is 58.9 Å². The first-order chi connectivity index (χ1) is 10.7. The van der Waals surface area contributed by atoms with Crippen LogP contribution in [0.1, 0.15) is 0 Å². The lowest BCUT2D eigenvalue weighted by Gasteiger charge is -2.08. The number of rotatable bonds is 4. The van der Waals surface area contributed by atoms with Gasteiger partial charge in [0, 0.05) is 0 Å². The Morgan fingerprint density at radius 2 is 1.91 bits per heavy atom. The van der Waals surface area contributed by atoms with Crippen molar-refractivity contribution in [1.82, 2.24) is 9.97 Å². The van der Waals surface area contributed by atoms with Crippen molar-refractivity contribution in [3.63, 3.8) is 0 Å². The van der Waals surface area contributed by atoms with Gasteiger partial charge in [-0.15, -0.1) is 0 Å². The van der Waals surface area contributed by atoms with Gasteiger partial charge in [-0.1, -0.05) is 30.3 Å². The molecule has 3 rings (SSSR count). The zero-order valence-electron chi connectivity index (χ0n) is 11.3. The molecule has 0 radical (unpaired) electrons. The highest BCUT2D eigenvalue weighted by atomic mass is 16.6. The molecular formula is C14H11N5O3. The summed E-state index contributed by atoms with van der Waals surface area (Å²) in [6.07, 6.45) is 1.14. The summed E-state index contributed by atoms with van der Waals surface area (Å²) >= 11 is 0. The Morgan fingerprint density at radius 3 is 2.64 bits per heavy atom. The largest absolute Gasteiger partial charge is 0.434 e. The molecule has 0 amide bonds. The lowest BCUT2D eigenvalue weighted by atomic mass is 10.1. The number of aromatic nitrogens is 2. The SMILES string of the molecule is NNc1ncnc(Oc2ccc3ccccc3c2)c1[N+](=O)[O-]. The van der Waals surface area contributed by atoms with Gasteiger partial charge < -0.3 is 10.2 Å². The fraction of sp³-hybridized carbons (Fsp3) is 0. The molecule has 1 aromatic heterocycles. The normalized spacial score (nSPS) is 10.4. The molecule has 0 aliphatic carbocycles. The van der Waals surface area contributed by atoms with Gasteiger partial charge in [-0.05, 0) is 22.9 Å². The third kappa shape index (κ3) is 2.50. The second-order valence-electron chi connectivity index (χ2n) is 4.39. The van der Waals surface area contributed by atoms with Crippen LogP contribution in [0.4, 0.5) is 11.5 Å². The maximum atomic E-state index is 11.2. The Hall–Kier alpha value is -3.26. The number of nitrogens with zero attached hydrogens (tertiary/aromatic N) is 3. The van der Waals surface area contributed by atoms with Crippen molar-refractivity contribution in [1.29, 1.82) is 0 Å². The summed E-state index contributed by atoms with van der Waals surface area (Å²) in [5.74, 6) is 5.37. The fourth-order valence-electron chi connectivity index (χ4n) is 2.05. The van der Waals surface area contributed by atoms with Crippen LogP contribution in [0.2, 0.25) is 0 Å². The van der Waals surface area contributed by atoms with Gasteiger partial charge in [-0.25, -0.2) is 10.8 Å². The van der Waals surface area contributed by atoms with E-state index in [9.17, 15) is 10.1 Å². The standard InChI is InChI=1S/C14H11N5O3/c15-18-13-12(19(20)21)14(17-8-16-13)22-11-6-5-9-3-1-2-4-10(9)7-11/h1-8H,15H2,(H,16,17,18). The Bertz CT molecular complexity index is 853. The summed E-state index contributed by atoms with van der Waals surface area (Å²) in [4.78, 5) is 18.0. The van der Waals surface area contributed by atoms with Gasteiger partial charge in [0.1, 0.15) is 12.1 Å². The van der Waals surface area contributed by atoms with Gasteiger partial charge in [0.15, 0.2) is 0 Å². The van der Waals surface area contributed by atoms with Crippen LogP contribution in [0.25, 0.3) is 10.8 Å². The van der Waals surface area contributed by atoms with E-state index in [1.165, 1.54) is 0 Å². The first-order valence-corrected chi connectivity index (χ1v) is 6.31. The topological polar surface area (TPSA) is 116 Å². The number of nitrogens with two attached hydrogens (primary N) is 1. The third-order valence-electron chi connectivity index (χ3n) is 3.04. The molecule has 0 unspecified atom stereocenters. The second kappa shape index (κ2) is 5.62. The highest BCUT2D eigenvalue weighted by Crippen LogP contribution is 2.34. The van der Waals surface area contributed by atoms with Crippen LogP contribution in [0, 0.1) is 10.1 Å². The predicted molar refractivity (Wildman–Crippen MR) is 80.5 cm³/mol. The smallest absolute Gasteiger partial charge is 0.374 e. The predicted octanol–water partition coefficient (Wildman–Crippen LogP) is 2.62. The Kier molecular flexibility index (Phi) is 3.50. The van der Waals surface area contributed by atoms with Gasteiger partial charge in [0.05, 0.1) is 4.92 Å². The molecule has 0 spiro atoms. The number of nitrogen functional groups attached to an aromatic ring is 1. The molecule has 8 heteroatoms. The summed E-state index contributed by atoms with van der Waals surface area (Å²) in [7, 11) is 0. The van der Waals surface area contributed by atoms with Crippen LogP contribution in [0.15, 0.2) is 48.8 Å². The molecule has 0 saturated carbocycles. The van der Waals surface area contributed by atoms with E-state index >= 15 is 0 Å². The minimum Gasteiger partial charge on any atom is -0.434 e. The van der Waals surface area contributed by atoms with Crippen molar-refractivity contribution in [2.45, 2.75) is 0 Å². The minimum atomic E-state index is -0.647. The number of hydrogen-bond donors (Lipinski definition) is 2. The molecule has 0 aliphatic heterocycles. The van der Waals surface area contributed by atoms with Crippen LogP contribution < -0.4 is 16.0 Å². The number of fused-ring (bicyclic) bond motifs is 1. The summed E-state index contributed by atoms with van der Waals surface area (Å²) in [6.45, 7) is 0. The van der Waals surface area contributed by atoms with Crippen LogP contribution in [0.5, 0.6) is 11.6 Å². The molecule has 0 bridgehead atoms. The Morgan fingerprint density at radius 1 is 1.14 bits per heavy atom. The number of anilines is 1. The van der Waals surface area contributed by atoms with E-state index < -0.39 is 10.6 Å². The zero-order valence-corrected chi connectivity index (χ0v) is 11.3. The molecule has 0 fully saturated rings. The van der Waals surface area contributed by atoms with Crippen molar-refractivity contribution in [2.75, 3.05) is 5.43 Å². The molecule has 0 atom stereocenters. The average molecular weight is 297 g/mol. The van der Waals surface area contributed by atoms with Gasteiger partial charge in [0.25, 0.3) is 0 Å². The van der Waals surface area contributed by atoms with Crippen LogP contribution in [-0.4, -0.2) is 14.9 Å². The number of nitrogens with one attached hydrogen (secondary N) is 1. The van der Waals surface area contributed by atoms with Gasteiger partial charge in [-0.2, -0.15) is 4.98 Å². The highest BCUT2D eigenvalue weighted by Gasteiger charge is 2.24. The van der Waals surface area contributed by atoms with E-state index in [0.717, 1.165) is 17.1 Å². The molecule has 3 aromatic rings. The molecular weight excluding hydrogens is 286 g/mol. The van der Waals surface area contributed by atoms with Crippen LogP contribution in [-0.2, 0) is 0 Å². The molecule has 0 aliphatic rings. The summed E-state index contributed by atoms with van der Waals surface area (Å²) in [5, 5.41) is 13.1. The van der Waals surface area contributed by atoms with Crippen molar-refractivity contribution in [3.8, 4) is 11.6 Å². The maximum absolute atomic E-state index is 11.2. The van der Waals surface area contributed by atoms with E-state index in [4.69, 9.17) is 10.6 Å². The van der Waals surface area contributed by atoms with E-state index in [-0.39, 0.29) is 11.7 Å². The minimum absolute atomic E-state index is 0.115. The van der Waals surface area contributed by atoms with Gasteiger partial charge >= 0.3 is 11.6 Å². The molecule has 22 heavy (non-hydrogen) atoms. The molecule has 110 valence electrons. The molecule has 8 nitrogen and oxygen atoms in total. The number of hydrazine groups is 1. The fourth-order valence-corrected chi connectivity index (χ4v) is 2.05. The summed E-state index contributed by atoms with van der Waals surface area (Å²) in [5.41, 5.74) is 1.74. The lowest BCUT2D eigenvalue weighted by Crippen LogP contribution is -2.12. The van der Waals surface area contributed by atoms with E-state index in [0.29, 0.717) is 5.75 Å². The molecule has 3 N–H and O–H groups in total. The first-order valence-electron chi connectivity index (χ1n) is 6.31. The zero-order chi connectivity index (χ0) is 15.5. The lowest BCUT2D eigenvalue weighted by molar-refractivity contribution is -0.385. The van der Waals surface area contributed by atoms with Crippen LogP contribution >= 0.6 is 0 Å². The highest BCUT2D eigenvalue weighted by molar-refractivity contribution is 5.83. The average Bonchev–Trinajstić information content (AvgIpc) is 2.54. The first kappa shape index (κ1) is 13.7.